The van der Waals surface area contributed by atoms with E-state index in [0.717, 1.165) is 31.7 Å². The molecule has 1 N–H and O–H groups in total. The fraction of sp³-hybridized carbons (Fsp3) is 0.455. The number of hydrogen-bond donors (Lipinski definition) is 1. The van der Waals surface area contributed by atoms with Gasteiger partial charge in [-0.2, -0.15) is 0 Å². The molecule has 0 bridgehead atoms. The van der Waals surface area contributed by atoms with Crippen molar-refractivity contribution in [1.29, 1.82) is 0 Å². The van der Waals surface area contributed by atoms with Crippen molar-refractivity contribution < 1.29 is 4.74 Å². The second kappa shape index (κ2) is 5.06. The van der Waals surface area contributed by atoms with Crippen LogP contribution in [0.25, 0.3) is 0 Å². The molecule has 4 heteroatoms. The minimum absolute atomic E-state index is 0.220. The van der Waals surface area contributed by atoms with Crippen molar-refractivity contribution in [2.75, 3.05) is 13.1 Å². The Kier molecular flexibility index (Phi) is 3.73. The van der Waals surface area contributed by atoms with Crippen LogP contribution in [0.3, 0.4) is 0 Å². The summed E-state index contributed by atoms with van der Waals surface area (Å²) in [5.74, 6) is 0.717. The number of nitrogens with one attached hydrogen (secondary N) is 1. The molecule has 15 heavy (non-hydrogen) atoms. The highest BCUT2D eigenvalue weighted by molar-refractivity contribution is 6.35. The summed E-state index contributed by atoms with van der Waals surface area (Å²) in [4.78, 5) is 0. The Labute approximate surface area is 99.5 Å². The third-order valence-corrected chi connectivity index (χ3v) is 2.97. The second-order valence-electron chi connectivity index (χ2n) is 3.66. The predicted octanol–water partition coefficient (Wildman–Crippen LogP) is 3.12. The summed E-state index contributed by atoms with van der Waals surface area (Å²) >= 11 is 11.8. The van der Waals surface area contributed by atoms with Crippen molar-refractivity contribution in [1.82, 2.24) is 5.32 Å². The lowest BCUT2D eigenvalue weighted by Crippen LogP contribution is -2.37. The van der Waals surface area contributed by atoms with Gasteiger partial charge in [-0.15, -0.1) is 0 Å². The van der Waals surface area contributed by atoms with E-state index in [-0.39, 0.29) is 6.10 Å². The average Bonchev–Trinajstić information content (AvgIpc) is 2.24. The Morgan fingerprint density at radius 2 is 2.20 bits per heavy atom. The van der Waals surface area contributed by atoms with Gasteiger partial charge in [0, 0.05) is 11.6 Å². The van der Waals surface area contributed by atoms with E-state index < -0.39 is 0 Å². The van der Waals surface area contributed by atoms with Gasteiger partial charge in [-0.05, 0) is 37.6 Å². The van der Waals surface area contributed by atoms with Crippen LogP contribution in [-0.2, 0) is 0 Å². The molecule has 1 saturated heterocycles. The van der Waals surface area contributed by atoms with Crippen molar-refractivity contribution in [3.05, 3.63) is 28.2 Å². The molecule has 1 aromatic rings. The summed E-state index contributed by atoms with van der Waals surface area (Å²) in [6.07, 6.45) is 2.44. The number of ether oxygens (including phenoxy) is 1. The van der Waals surface area contributed by atoms with Gasteiger partial charge in [-0.25, -0.2) is 0 Å². The molecule has 0 aliphatic carbocycles. The first-order valence-corrected chi connectivity index (χ1v) is 5.84. The maximum absolute atomic E-state index is 6.02. The van der Waals surface area contributed by atoms with Crippen LogP contribution in [0.4, 0.5) is 0 Å². The van der Waals surface area contributed by atoms with E-state index >= 15 is 0 Å². The van der Waals surface area contributed by atoms with Gasteiger partial charge < -0.3 is 10.1 Å². The molecular formula is C11H13Cl2NO. The molecule has 1 aromatic carbocycles. The first-order valence-electron chi connectivity index (χ1n) is 5.08. The quantitative estimate of drug-likeness (QED) is 0.865. The first-order chi connectivity index (χ1) is 7.25. The molecule has 2 nitrogen and oxygen atoms in total. The Morgan fingerprint density at radius 3 is 2.87 bits per heavy atom. The summed E-state index contributed by atoms with van der Waals surface area (Å²) in [5, 5.41) is 4.50. The normalized spacial score (nSPS) is 21.3. The molecule has 0 amide bonds. The monoisotopic (exact) mass is 245 g/mol. The number of halogens is 2. The summed E-state index contributed by atoms with van der Waals surface area (Å²) in [6, 6.07) is 5.31. The van der Waals surface area contributed by atoms with Crippen molar-refractivity contribution in [3.8, 4) is 5.75 Å². The Morgan fingerprint density at radius 1 is 1.33 bits per heavy atom. The molecule has 0 saturated carbocycles. The zero-order chi connectivity index (χ0) is 10.7. The first kappa shape index (κ1) is 11.1. The summed E-state index contributed by atoms with van der Waals surface area (Å²) < 4.78 is 5.79. The van der Waals surface area contributed by atoms with Gasteiger partial charge in [-0.3, -0.25) is 0 Å². The highest BCUT2D eigenvalue weighted by Gasteiger charge is 2.15. The summed E-state index contributed by atoms with van der Waals surface area (Å²) in [7, 11) is 0. The zero-order valence-electron chi connectivity index (χ0n) is 8.30. The van der Waals surface area contributed by atoms with E-state index in [1.165, 1.54) is 0 Å². The Hall–Kier alpha value is -0.440. The molecule has 0 aromatic heterocycles. The highest BCUT2D eigenvalue weighted by Crippen LogP contribution is 2.29. The third kappa shape index (κ3) is 3.00. The molecule has 1 heterocycles. The topological polar surface area (TPSA) is 21.3 Å². The van der Waals surface area contributed by atoms with E-state index in [4.69, 9.17) is 27.9 Å². The maximum Gasteiger partial charge on any atom is 0.138 e. The molecule has 0 radical (unpaired) electrons. The van der Waals surface area contributed by atoms with E-state index in [1.54, 1.807) is 12.1 Å². The SMILES string of the molecule is Clc1ccc(OC2CCCNC2)c(Cl)c1. The van der Waals surface area contributed by atoms with Gasteiger partial charge in [0.25, 0.3) is 0 Å². The average molecular weight is 246 g/mol. The molecule has 82 valence electrons. The Bertz CT molecular complexity index is 337. The number of benzene rings is 1. The molecular weight excluding hydrogens is 233 g/mol. The van der Waals surface area contributed by atoms with Gasteiger partial charge in [0.2, 0.25) is 0 Å². The third-order valence-electron chi connectivity index (χ3n) is 2.44. The summed E-state index contributed by atoms with van der Waals surface area (Å²) in [5.41, 5.74) is 0. The smallest absolute Gasteiger partial charge is 0.138 e. The van der Waals surface area contributed by atoms with Crippen LogP contribution in [0.15, 0.2) is 18.2 Å². The van der Waals surface area contributed by atoms with Crippen LogP contribution in [0.5, 0.6) is 5.75 Å². The molecule has 1 aliphatic rings. The standard InChI is InChI=1S/C11H13Cl2NO/c12-8-3-4-11(10(13)6-8)15-9-2-1-5-14-7-9/h3-4,6,9,14H,1-2,5,7H2. The highest BCUT2D eigenvalue weighted by atomic mass is 35.5. The van der Waals surface area contributed by atoms with Gasteiger partial charge >= 0.3 is 0 Å². The lowest BCUT2D eigenvalue weighted by Gasteiger charge is -2.24. The fourth-order valence-corrected chi connectivity index (χ4v) is 2.12. The van der Waals surface area contributed by atoms with Crippen molar-refractivity contribution in [3.63, 3.8) is 0 Å². The van der Waals surface area contributed by atoms with Gasteiger partial charge in [-0.1, -0.05) is 23.2 Å². The van der Waals surface area contributed by atoms with Crippen LogP contribution >= 0.6 is 23.2 Å². The lowest BCUT2D eigenvalue weighted by molar-refractivity contribution is 0.167. The van der Waals surface area contributed by atoms with Gasteiger partial charge in [0.15, 0.2) is 0 Å². The molecule has 1 fully saturated rings. The number of piperidine rings is 1. The van der Waals surface area contributed by atoms with Crippen LogP contribution in [0.2, 0.25) is 10.0 Å². The van der Waals surface area contributed by atoms with Crippen LogP contribution in [0.1, 0.15) is 12.8 Å². The minimum atomic E-state index is 0.220. The molecule has 0 spiro atoms. The van der Waals surface area contributed by atoms with Gasteiger partial charge in [0.1, 0.15) is 11.9 Å². The minimum Gasteiger partial charge on any atom is -0.488 e. The van der Waals surface area contributed by atoms with E-state index in [9.17, 15) is 0 Å². The van der Waals surface area contributed by atoms with Crippen molar-refractivity contribution >= 4 is 23.2 Å². The molecule has 1 atom stereocenters. The zero-order valence-corrected chi connectivity index (χ0v) is 9.81. The number of rotatable bonds is 2. The number of hydrogen-bond acceptors (Lipinski definition) is 2. The molecule has 2 rings (SSSR count). The molecule has 1 aliphatic heterocycles. The predicted molar refractivity (Wildman–Crippen MR) is 63.0 cm³/mol. The lowest BCUT2D eigenvalue weighted by atomic mass is 10.1. The van der Waals surface area contributed by atoms with Crippen LogP contribution < -0.4 is 10.1 Å². The van der Waals surface area contributed by atoms with E-state index in [0.29, 0.717) is 10.0 Å². The van der Waals surface area contributed by atoms with E-state index in [2.05, 4.69) is 5.32 Å². The van der Waals surface area contributed by atoms with Gasteiger partial charge in [0.05, 0.1) is 5.02 Å². The van der Waals surface area contributed by atoms with Crippen LogP contribution in [0, 0.1) is 0 Å². The van der Waals surface area contributed by atoms with Crippen molar-refractivity contribution in [2.24, 2.45) is 0 Å². The largest absolute Gasteiger partial charge is 0.488 e. The van der Waals surface area contributed by atoms with Crippen LogP contribution in [-0.4, -0.2) is 19.2 Å². The molecule has 1 unspecified atom stereocenters. The second-order valence-corrected chi connectivity index (χ2v) is 4.50. The summed E-state index contributed by atoms with van der Waals surface area (Å²) in [6.45, 7) is 1.97. The Balaban J connectivity index is 2.03. The fourth-order valence-electron chi connectivity index (χ4n) is 1.67. The van der Waals surface area contributed by atoms with Crippen molar-refractivity contribution in [2.45, 2.75) is 18.9 Å². The maximum atomic E-state index is 6.02. The van der Waals surface area contributed by atoms with E-state index in [1.807, 2.05) is 6.07 Å².